The molecule has 4 rings (SSSR count). The summed E-state index contributed by atoms with van der Waals surface area (Å²) in [4.78, 5) is 32.4. The fourth-order valence-electron chi connectivity index (χ4n) is 4.00. The minimum Gasteiger partial charge on any atom is -0.383 e. The van der Waals surface area contributed by atoms with Gasteiger partial charge in [-0.25, -0.2) is 9.78 Å². The lowest BCUT2D eigenvalue weighted by Crippen LogP contribution is -2.43. The number of pyridine rings is 1. The van der Waals surface area contributed by atoms with Gasteiger partial charge in [-0.2, -0.15) is 5.10 Å². The first kappa shape index (κ1) is 19.4. The molecule has 0 bridgehead atoms. The van der Waals surface area contributed by atoms with Crippen LogP contribution in [-0.2, 0) is 17.8 Å². The van der Waals surface area contributed by atoms with E-state index in [0.29, 0.717) is 37.6 Å². The summed E-state index contributed by atoms with van der Waals surface area (Å²) in [5, 5.41) is 4.33. The number of carbonyl (C=O) groups is 1. The molecular weight excluding hydrogens is 372 g/mol. The van der Waals surface area contributed by atoms with Crippen molar-refractivity contribution < 1.29 is 9.53 Å². The van der Waals surface area contributed by atoms with E-state index in [1.165, 1.54) is 0 Å². The first-order valence-corrected chi connectivity index (χ1v) is 10.0. The zero-order valence-corrected chi connectivity index (χ0v) is 16.8. The SMILES string of the molecule is CCn1ccc(C(=O)N2CCC[C@H](n3c(=O)n(CCOC)c4cccnc43)C2)n1. The maximum atomic E-state index is 13.2. The van der Waals surface area contributed by atoms with Crippen molar-refractivity contribution in [2.75, 3.05) is 26.8 Å². The van der Waals surface area contributed by atoms with E-state index in [1.807, 2.05) is 25.3 Å². The van der Waals surface area contributed by atoms with Gasteiger partial charge in [0, 0.05) is 39.1 Å². The van der Waals surface area contributed by atoms with Crippen LogP contribution < -0.4 is 5.69 Å². The van der Waals surface area contributed by atoms with Crippen molar-refractivity contribution >= 4 is 17.1 Å². The number of fused-ring (bicyclic) bond motifs is 1. The third-order valence-electron chi connectivity index (χ3n) is 5.47. The second-order valence-corrected chi connectivity index (χ2v) is 7.25. The van der Waals surface area contributed by atoms with Gasteiger partial charge in [-0.15, -0.1) is 0 Å². The van der Waals surface area contributed by atoms with Crippen molar-refractivity contribution in [3.8, 4) is 0 Å². The first-order valence-electron chi connectivity index (χ1n) is 10.0. The fraction of sp³-hybridized carbons (Fsp3) is 0.500. The molecule has 9 heteroatoms. The number of nitrogens with zero attached hydrogens (tertiary/aromatic N) is 6. The smallest absolute Gasteiger partial charge is 0.330 e. The monoisotopic (exact) mass is 398 g/mol. The van der Waals surface area contributed by atoms with Gasteiger partial charge in [0.2, 0.25) is 0 Å². The van der Waals surface area contributed by atoms with Gasteiger partial charge >= 0.3 is 5.69 Å². The summed E-state index contributed by atoms with van der Waals surface area (Å²) >= 11 is 0. The van der Waals surface area contributed by atoms with E-state index in [0.717, 1.165) is 24.9 Å². The molecule has 0 aliphatic carbocycles. The van der Waals surface area contributed by atoms with E-state index < -0.39 is 0 Å². The molecule has 0 aromatic carbocycles. The molecule has 154 valence electrons. The summed E-state index contributed by atoms with van der Waals surface area (Å²) < 4.78 is 10.4. The third kappa shape index (κ3) is 3.57. The molecule has 0 saturated carbocycles. The van der Waals surface area contributed by atoms with Crippen molar-refractivity contribution in [3.05, 3.63) is 46.8 Å². The average Bonchev–Trinajstić information content (AvgIpc) is 3.34. The van der Waals surface area contributed by atoms with Crippen molar-refractivity contribution in [3.63, 3.8) is 0 Å². The van der Waals surface area contributed by atoms with Gasteiger partial charge in [0.1, 0.15) is 5.69 Å². The number of hydrogen-bond acceptors (Lipinski definition) is 5. The predicted molar refractivity (Wildman–Crippen MR) is 108 cm³/mol. The number of piperidine rings is 1. The summed E-state index contributed by atoms with van der Waals surface area (Å²) in [7, 11) is 1.62. The number of ether oxygens (including phenoxy) is 1. The molecule has 1 amide bonds. The maximum Gasteiger partial charge on any atom is 0.330 e. The number of methoxy groups -OCH3 is 1. The van der Waals surface area contributed by atoms with Crippen LogP contribution in [0.25, 0.3) is 11.2 Å². The Bertz CT molecular complexity index is 1070. The van der Waals surface area contributed by atoms with Crippen molar-refractivity contribution in [2.45, 2.75) is 38.9 Å². The normalized spacial score (nSPS) is 17.2. The molecule has 29 heavy (non-hydrogen) atoms. The summed E-state index contributed by atoms with van der Waals surface area (Å²) in [6.07, 6.45) is 5.16. The first-order chi connectivity index (χ1) is 14.1. The van der Waals surface area contributed by atoms with Crippen LogP contribution in [0.3, 0.4) is 0 Å². The Kier molecular flexibility index (Phi) is 5.48. The highest BCUT2D eigenvalue weighted by Gasteiger charge is 2.29. The lowest BCUT2D eigenvalue weighted by Gasteiger charge is -2.32. The van der Waals surface area contributed by atoms with Crippen LogP contribution in [0.5, 0.6) is 0 Å². The summed E-state index contributed by atoms with van der Waals surface area (Å²) in [6.45, 7) is 4.75. The number of imidazole rings is 1. The molecule has 0 radical (unpaired) electrons. The summed E-state index contributed by atoms with van der Waals surface area (Å²) in [5.74, 6) is -0.0916. The Labute approximate surface area is 168 Å². The van der Waals surface area contributed by atoms with E-state index in [9.17, 15) is 9.59 Å². The van der Waals surface area contributed by atoms with E-state index in [2.05, 4.69) is 10.1 Å². The zero-order valence-electron chi connectivity index (χ0n) is 16.8. The number of likely N-dealkylation sites (tertiary alicyclic amines) is 1. The molecule has 0 spiro atoms. The number of hydrogen-bond donors (Lipinski definition) is 0. The van der Waals surface area contributed by atoms with E-state index >= 15 is 0 Å². The van der Waals surface area contributed by atoms with E-state index in [-0.39, 0.29) is 17.6 Å². The Balaban J connectivity index is 1.64. The van der Waals surface area contributed by atoms with Crippen LogP contribution in [0.4, 0.5) is 0 Å². The molecular formula is C20H26N6O3. The molecule has 1 aliphatic rings. The van der Waals surface area contributed by atoms with E-state index in [4.69, 9.17) is 4.74 Å². The van der Waals surface area contributed by atoms with Gasteiger partial charge in [0.25, 0.3) is 5.91 Å². The van der Waals surface area contributed by atoms with Crippen molar-refractivity contribution in [1.82, 2.24) is 28.8 Å². The summed E-state index contributed by atoms with van der Waals surface area (Å²) in [6, 6.07) is 5.37. The minimum atomic E-state index is -0.116. The number of aryl methyl sites for hydroxylation is 1. The largest absolute Gasteiger partial charge is 0.383 e. The number of carbonyl (C=O) groups excluding carboxylic acids is 1. The molecule has 1 atom stereocenters. The second kappa shape index (κ2) is 8.20. The molecule has 4 heterocycles. The number of rotatable bonds is 6. The maximum absolute atomic E-state index is 13.2. The highest BCUT2D eigenvalue weighted by Crippen LogP contribution is 2.25. The van der Waals surface area contributed by atoms with Gasteiger partial charge in [0.15, 0.2) is 5.65 Å². The topological polar surface area (TPSA) is 87.2 Å². The predicted octanol–water partition coefficient (Wildman–Crippen LogP) is 1.54. The Hall–Kier alpha value is -2.94. The van der Waals surface area contributed by atoms with Crippen LogP contribution in [0.15, 0.2) is 35.4 Å². The van der Waals surface area contributed by atoms with E-state index in [1.54, 1.807) is 38.1 Å². The highest BCUT2D eigenvalue weighted by atomic mass is 16.5. The van der Waals surface area contributed by atoms with Gasteiger partial charge in [-0.1, -0.05) is 0 Å². The van der Waals surface area contributed by atoms with Crippen LogP contribution in [-0.4, -0.2) is 61.5 Å². The van der Waals surface area contributed by atoms with Crippen molar-refractivity contribution in [2.24, 2.45) is 0 Å². The standard InChI is InChI=1S/C20H26N6O3/c1-3-24-11-8-16(22-24)19(27)23-10-5-6-15(14-23)26-18-17(7-4-9-21-18)25(20(26)28)12-13-29-2/h4,7-9,11,15H,3,5-6,10,12-14H2,1-2H3/t15-/m0/s1. The third-order valence-corrected chi connectivity index (χ3v) is 5.47. The quantitative estimate of drug-likeness (QED) is 0.629. The lowest BCUT2D eigenvalue weighted by atomic mass is 10.1. The molecule has 1 fully saturated rings. The molecule has 3 aromatic heterocycles. The Morgan fingerprint density at radius 3 is 2.97 bits per heavy atom. The van der Waals surface area contributed by atoms with Gasteiger partial charge in [-0.3, -0.25) is 18.6 Å². The van der Waals surface area contributed by atoms with Crippen LogP contribution in [0.2, 0.25) is 0 Å². The van der Waals surface area contributed by atoms with Gasteiger partial charge in [0.05, 0.1) is 24.7 Å². The number of aromatic nitrogens is 5. The molecule has 9 nitrogen and oxygen atoms in total. The highest BCUT2D eigenvalue weighted by molar-refractivity contribution is 5.92. The Morgan fingerprint density at radius 1 is 1.34 bits per heavy atom. The molecule has 1 saturated heterocycles. The second-order valence-electron chi connectivity index (χ2n) is 7.25. The van der Waals surface area contributed by atoms with Crippen LogP contribution >= 0.6 is 0 Å². The van der Waals surface area contributed by atoms with Crippen LogP contribution in [0, 0.1) is 0 Å². The lowest BCUT2D eigenvalue weighted by molar-refractivity contribution is 0.0672. The molecule has 0 unspecified atom stereocenters. The molecule has 3 aromatic rings. The number of amides is 1. The molecule has 1 aliphatic heterocycles. The minimum absolute atomic E-state index is 0.0916. The molecule has 0 N–H and O–H groups in total. The van der Waals surface area contributed by atoms with Crippen LogP contribution in [0.1, 0.15) is 36.3 Å². The van der Waals surface area contributed by atoms with Gasteiger partial charge < -0.3 is 9.64 Å². The van der Waals surface area contributed by atoms with Crippen molar-refractivity contribution in [1.29, 1.82) is 0 Å². The Morgan fingerprint density at radius 2 is 2.21 bits per heavy atom. The summed E-state index contributed by atoms with van der Waals surface area (Å²) in [5.41, 5.74) is 1.79. The average molecular weight is 398 g/mol. The van der Waals surface area contributed by atoms with Gasteiger partial charge in [-0.05, 0) is 38.0 Å². The zero-order chi connectivity index (χ0) is 20.4. The fourth-order valence-corrected chi connectivity index (χ4v) is 4.00.